The molecule has 0 saturated carbocycles. The number of hydrogen-bond acceptors (Lipinski definition) is 8. The summed E-state index contributed by atoms with van der Waals surface area (Å²) in [6, 6.07) is 14.5. The molecule has 0 aromatic heterocycles. The molecule has 0 fully saturated rings. The van der Waals surface area contributed by atoms with E-state index in [9.17, 15) is 18.3 Å². The first-order valence-corrected chi connectivity index (χ1v) is 11.4. The van der Waals surface area contributed by atoms with Crippen LogP contribution in [0.5, 0.6) is 28.7 Å². The molecule has 0 saturated heterocycles. The van der Waals surface area contributed by atoms with Gasteiger partial charge in [-0.1, -0.05) is 6.07 Å². The fraction of sp³-hybridized carbons (Fsp3) is 0.174. The number of carboxylic acid groups (broad SMARTS) is 1. The first-order chi connectivity index (χ1) is 16.3. The average molecular weight is 490 g/mol. The van der Waals surface area contributed by atoms with Crippen LogP contribution in [-0.4, -0.2) is 52.0 Å². The second-order valence-electron chi connectivity index (χ2n) is 6.78. The standard InChI is InChI=1S/C23H23NO9S/c1-30-15-6-8-18(9-7-15)34(28,29)24-20-13-19(23(26)27)21(32-11-10-25)14-22(20)33-17-5-3-4-16(12-17)31-2/h3-9,12-14,24-25H,10-11H2,1-2H3,(H,26,27). The van der Waals surface area contributed by atoms with Gasteiger partial charge < -0.3 is 29.2 Å². The molecule has 0 aliphatic heterocycles. The topological polar surface area (TPSA) is 141 Å². The summed E-state index contributed by atoms with van der Waals surface area (Å²) in [5.41, 5.74) is -0.453. The highest BCUT2D eigenvalue weighted by atomic mass is 32.2. The van der Waals surface area contributed by atoms with Crippen molar-refractivity contribution in [3.05, 3.63) is 66.2 Å². The number of aromatic carboxylic acids is 1. The second kappa shape index (κ2) is 10.8. The smallest absolute Gasteiger partial charge is 0.339 e. The van der Waals surface area contributed by atoms with Gasteiger partial charge in [0, 0.05) is 12.1 Å². The predicted octanol–water partition coefficient (Wildman–Crippen LogP) is 3.37. The number of sulfonamides is 1. The number of carboxylic acids is 1. The third-order valence-electron chi connectivity index (χ3n) is 4.54. The third-order valence-corrected chi connectivity index (χ3v) is 5.93. The number of hydrogen-bond donors (Lipinski definition) is 3. The molecule has 3 aromatic carbocycles. The van der Waals surface area contributed by atoms with Crippen LogP contribution in [0.1, 0.15) is 10.4 Å². The number of nitrogens with one attached hydrogen (secondary N) is 1. The molecule has 0 spiro atoms. The molecule has 0 radical (unpaired) electrons. The van der Waals surface area contributed by atoms with E-state index in [0.717, 1.165) is 6.07 Å². The summed E-state index contributed by atoms with van der Waals surface area (Å²) in [4.78, 5) is 11.7. The Kier molecular flexibility index (Phi) is 7.82. The number of carbonyl (C=O) groups is 1. The summed E-state index contributed by atoms with van der Waals surface area (Å²) in [6.45, 7) is -0.521. The maximum atomic E-state index is 13.0. The Balaban J connectivity index is 2.07. The molecule has 11 heteroatoms. The van der Waals surface area contributed by atoms with Gasteiger partial charge >= 0.3 is 5.97 Å². The van der Waals surface area contributed by atoms with Crippen molar-refractivity contribution in [1.29, 1.82) is 0 Å². The van der Waals surface area contributed by atoms with Gasteiger partial charge in [-0.2, -0.15) is 0 Å². The number of rotatable bonds is 11. The van der Waals surface area contributed by atoms with Crippen molar-refractivity contribution < 1.29 is 42.4 Å². The van der Waals surface area contributed by atoms with Gasteiger partial charge in [0.2, 0.25) is 0 Å². The molecular weight excluding hydrogens is 466 g/mol. The SMILES string of the molecule is COc1ccc(S(=O)(=O)Nc2cc(C(=O)O)c(OCCO)cc2Oc2cccc(OC)c2)cc1. The van der Waals surface area contributed by atoms with Gasteiger partial charge in [0.05, 0.1) is 31.4 Å². The summed E-state index contributed by atoms with van der Waals surface area (Å²) in [5.74, 6) is -0.211. The number of aliphatic hydroxyl groups excluding tert-OH is 1. The lowest BCUT2D eigenvalue weighted by molar-refractivity contribution is 0.0690. The highest BCUT2D eigenvalue weighted by Gasteiger charge is 2.22. The molecule has 0 amide bonds. The summed E-state index contributed by atoms with van der Waals surface area (Å²) >= 11 is 0. The second-order valence-corrected chi connectivity index (χ2v) is 8.47. The number of benzene rings is 3. The van der Waals surface area contributed by atoms with E-state index in [1.54, 1.807) is 24.3 Å². The number of methoxy groups -OCH3 is 2. The van der Waals surface area contributed by atoms with E-state index in [4.69, 9.17) is 24.1 Å². The molecule has 10 nitrogen and oxygen atoms in total. The fourth-order valence-electron chi connectivity index (χ4n) is 2.92. The van der Waals surface area contributed by atoms with Crippen molar-refractivity contribution in [2.45, 2.75) is 4.90 Å². The minimum absolute atomic E-state index is 0.0247. The van der Waals surface area contributed by atoms with Gasteiger partial charge in [-0.25, -0.2) is 13.2 Å². The van der Waals surface area contributed by atoms with E-state index in [1.807, 2.05) is 0 Å². The average Bonchev–Trinajstić information content (AvgIpc) is 2.83. The van der Waals surface area contributed by atoms with Crippen LogP contribution in [0.15, 0.2) is 65.6 Å². The van der Waals surface area contributed by atoms with Crippen LogP contribution >= 0.6 is 0 Å². The Bertz CT molecular complexity index is 1260. The summed E-state index contributed by atoms with van der Waals surface area (Å²) < 4.78 is 49.8. The Hall–Kier alpha value is -3.96. The zero-order valence-electron chi connectivity index (χ0n) is 18.3. The van der Waals surface area contributed by atoms with Crippen molar-refractivity contribution in [2.24, 2.45) is 0 Å². The van der Waals surface area contributed by atoms with Crippen LogP contribution in [0.2, 0.25) is 0 Å². The molecule has 0 aliphatic carbocycles. The van der Waals surface area contributed by atoms with E-state index < -0.39 is 16.0 Å². The summed E-state index contributed by atoms with van der Waals surface area (Å²) in [6.07, 6.45) is 0. The van der Waals surface area contributed by atoms with Crippen molar-refractivity contribution >= 4 is 21.7 Å². The zero-order chi connectivity index (χ0) is 24.7. The molecule has 34 heavy (non-hydrogen) atoms. The fourth-order valence-corrected chi connectivity index (χ4v) is 3.98. The zero-order valence-corrected chi connectivity index (χ0v) is 19.2. The van der Waals surface area contributed by atoms with Crippen molar-refractivity contribution in [3.8, 4) is 28.7 Å². The molecule has 3 aromatic rings. The Morgan fingerprint density at radius 2 is 1.59 bits per heavy atom. The summed E-state index contributed by atoms with van der Waals surface area (Å²) in [5, 5.41) is 18.7. The maximum Gasteiger partial charge on any atom is 0.339 e. The largest absolute Gasteiger partial charge is 0.497 e. The van der Waals surface area contributed by atoms with E-state index in [2.05, 4.69) is 4.72 Å². The number of aliphatic hydroxyl groups is 1. The number of ether oxygens (including phenoxy) is 4. The lowest BCUT2D eigenvalue weighted by Crippen LogP contribution is -2.15. The van der Waals surface area contributed by atoms with Gasteiger partial charge in [-0.3, -0.25) is 4.72 Å². The quantitative estimate of drug-likeness (QED) is 0.370. The van der Waals surface area contributed by atoms with E-state index in [0.29, 0.717) is 17.2 Å². The normalized spacial score (nSPS) is 10.9. The predicted molar refractivity (Wildman–Crippen MR) is 123 cm³/mol. The minimum Gasteiger partial charge on any atom is -0.497 e. The van der Waals surface area contributed by atoms with Gasteiger partial charge in [0.25, 0.3) is 10.0 Å². The van der Waals surface area contributed by atoms with Crippen molar-refractivity contribution in [3.63, 3.8) is 0 Å². The van der Waals surface area contributed by atoms with E-state index >= 15 is 0 Å². The van der Waals surface area contributed by atoms with Crippen LogP contribution < -0.4 is 23.7 Å². The third kappa shape index (κ3) is 5.88. The number of anilines is 1. The van der Waals surface area contributed by atoms with Crippen molar-refractivity contribution in [1.82, 2.24) is 0 Å². The molecule has 180 valence electrons. The van der Waals surface area contributed by atoms with Gasteiger partial charge in [-0.15, -0.1) is 0 Å². The van der Waals surface area contributed by atoms with E-state index in [1.165, 1.54) is 44.6 Å². The van der Waals surface area contributed by atoms with Crippen LogP contribution in [0.3, 0.4) is 0 Å². The lowest BCUT2D eigenvalue weighted by atomic mass is 10.1. The van der Waals surface area contributed by atoms with Crippen LogP contribution in [0, 0.1) is 0 Å². The van der Waals surface area contributed by atoms with Crippen LogP contribution in [0.4, 0.5) is 5.69 Å². The van der Waals surface area contributed by atoms with Gasteiger partial charge in [0.1, 0.15) is 35.2 Å². The minimum atomic E-state index is -4.12. The molecule has 0 atom stereocenters. The molecule has 0 aliphatic rings. The molecule has 0 unspecified atom stereocenters. The molecule has 3 N–H and O–H groups in total. The molecule has 0 heterocycles. The van der Waals surface area contributed by atoms with Crippen LogP contribution in [0.25, 0.3) is 0 Å². The highest BCUT2D eigenvalue weighted by Crippen LogP contribution is 2.38. The van der Waals surface area contributed by atoms with Crippen molar-refractivity contribution in [2.75, 3.05) is 32.2 Å². The summed E-state index contributed by atoms with van der Waals surface area (Å²) in [7, 11) is -1.18. The van der Waals surface area contributed by atoms with Gasteiger partial charge in [0.15, 0.2) is 5.75 Å². The lowest BCUT2D eigenvalue weighted by Gasteiger charge is -2.17. The Morgan fingerprint density at radius 3 is 2.21 bits per heavy atom. The Morgan fingerprint density at radius 1 is 0.912 bits per heavy atom. The molecular formula is C23H23NO9S. The first-order valence-electron chi connectivity index (χ1n) is 9.91. The molecule has 0 bridgehead atoms. The molecule has 3 rings (SSSR count). The van der Waals surface area contributed by atoms with E-state index in [-0.39, 0.29) is 40.9 Å². The highest BCUT2D eigenvalue weighted by molar-refractivity contribution is 7.92. The Labute approximate surface area is 196 Å². The van der Waals surface area contributed by atoms with Crippen LogP contribution in [-0.2, 0) is 10.0 Å². The first kappa shape index (κ1) is 24.7. The van der Waals surface area contributed by atoms with Gasteiger partial charge in [-0.05, 0) is 42.5 Å². The maximum absolute atomic E-state index is 13.0. The monoisotopic (exact) mass is 489 g/mol.